The molecular formula is C2H4SSe. The quantitative estimate of drug-likeness (QED) is 0.335. The first-order chi connectivity index (χ1) is 1.89. The molecule has 2 heteroatoms. The fraction of sp³-hybridized carbons (Fsp3) is 1.00. The van der Waals surface area contributed by atoms with Gasteiger partial charge in [0, 0.05) is 0 Å². The van der Waals surface area contributed by atoms with Crippen molar-refractivity contribution in [3.05, 3.63) is 0 Å². The number of thioether (sulfide) groups is 1. The molecule has 1 atom stereocenters. The third-order valence-electron chi connectivity index (χ3n) is 0.316. The van der Waals surface area contributed by atoms with E-state index in [1.807, 2.05) is 11.8 Å². The second kappa shape index (κ2) is 0.925. The number of hydrogen-bond donors (Lipinski definition) is 0. The van der Waals surface area contributed by atoms with Gasteiger partial charge in [0.1, 0.15) is 0 Å². The predicted octanol–water partition coefficient (Wildman–Crippen LogP) is -0.0399. The molecular weight excluding hydrogens is 135 g/mol. The Bertz CT molecular complexity index is 25.2. The molecule has 1 fully saturated rings. The van der Waals surface area contributed by atoms with Crippen LogP contribution >= 0.6 is 11.8 Å². The van der Waals surface area contributed by atoms with E-state index in [0.29, 0.717) is 0 Å². The summed E-state index contributed by atoms with van der Waals surface area (Å²) >= 11 is 4.60. The average Bonchev–Trinajstić information content (AvgIpc) is 1.75. The van der Waals surface area contributed by atoms with Gasteiger partial charge in [-0.1, -0.05) is 0 Å². The first-order valence-corrected chi connectivity index (χ1v) is 3.32. The molecule has 0 aliphatic carbocycles. The van der Waals surface area contributed by atoms with Crippen LogP contribution in [-0.2, 0) is 0 Å². The zero-order chi connectivity index (χ0) is 2.99. The Hall–Kier alpha value is 0.869. The summed E-state index contributed by atoms with van der Waals surface area (Å²) in [4.78, 5) is 0. The van der Waals surface area contributed by atoms with Crippen molar-refractivity contribution >= 4 is 27.8 Å². The maximum absolute atomic E-state index is 2.61. The summed E-state index contributed by atoms with van der Waals surface area (Å²) in [5.74, 6) is 1.38. The predicted molar refractivity (Wildman–Crippen MR) is 23.4 cm³/mol. The van der Waals surface area contributed by atoms with Crippen LogP contribution in [0.25, 0.3) is 0 Å². The van der Waals surface area contributed by atoms with E-state index in [2.05, 4.69) is 16.0 Å². The first kappa shape index (κ1) is 3.07. The Morgan fingerprint density at radius 1 is 2.00 bits per heavy atom. The van der Waals surface area contributed by atoms with Crippen molar-refractivity contribution < 1.29 is 0 Å². The van der Waals surface area contributed by atoms with Crippen LogP contribution in [0.4, 0.5) is 0 Å². The van der Waals surface area contributed by atoms with Crippen molar-refractivity contribution in [2.45, 2.75) is 4.15 Å². The summed E-state index contributed by atoms with van der Waals surface area (Å²) in [5.41, 5.74) is 0. The Morgan fingerprint density at radius 2 is 2.25 bits per heavy atom. The van der Waals surface area contributed by atoms with E-state index in [9.17, 15) is 0 Å². The van der Waals surface area contributed by atoms with Gasteiger partial charge in [0.2, 0.25) is 0 Å². The van der Waals surface area contributed by atoms with Gasteiger partial charge in [0.25, 0.3) is 0 Å². The topological polar surface area (TPSA) is 0 Å². The van der Waals surface area contributed by atoms with Crippen molar-refractivity contribution in [3.63, 3.8) is 0 Å². The Labute approximate surface area is 38.2 Å². The Morgan fingerprint density at radius 3 is 2.25 bits per heavy atom. The van der Waals surface area contributed by atoms with Crippen LogP contribution in [0.15, 0.2) is 0 Å². The minimum absolute atomic E-state index is 0.937. The molecule has 0 radical (unpaired) electrons. The van der Waals surface area contributed by atoms with Crippen LogP contribution in [-0.4, -0.2) is 25.9 Å². The molecule has 1 unspecified atom stereocenters. The van der Waals surface area contributed by atoms with E-state index < -0.39 is 0 Å². The Balaban J connectivity index is 2.17. The molecule has 1 rings (SSSR count). The summed E-state index contributed by atoms with van der Waals surface area (Å²) in [6.45, 7) is 0. The van der Waals surface area contributed by atoms with Gasteiger partial charge in [-0.3, -0.25) is 0 Å². The average molecular weight is 139 g/mol. The standard InChI is InChI=1S/C2H4SSe/c4-2-1-3-2/h2,4H,1H2. The molecule has 0 aromatic carbocycles. The van der Waals surface area contributed by atoms with E-state index in [-0.39, 0.29) is 0 Å². The summed E-state index contributed by atoms with van der Waals surface area (Å²) in [7, 11) is 0. The summed E-state index contributed by atoms with van der Waals surface area (Å²) < 4.78 is 0.937. The SMILES string of the molecule is [SeH]C1CS1. The molecule has 4 heavy (non-hydrogen) atoms. The van der Waals surface area contributed by atoms with Gasteiger partial charge in [-0.15, -0.1) is 0 Å². The Kier molecular flexibility index (Phi) is 0.711. The third-order valence-corrected chi connectivity index (χ3v) is 2.82. The van der Waals surface area contributed by atoms with Gasteiger partial charge in [0.15, 0.2) is 0 Å². The van der Waals surface area contributed by atoms with Gasteiger partial charge in [-0.25, -0.2) is 0 Å². The molecule has 24 valence electrons. The van der Waals surface area contributed by atoms with Crippen LogP contribution in [0.5, 0.6) is 0 Å². The van der Waals surface area contributed by atoms with E-state index in [1.165, 1.54) is 5.75 Å². The molecule has 1 saturated heterocycles. The van der Waals surface area contributed by atoms with Crippen molar-refractivity contribution in [3.8, 4) is 0 Å². The van der Waals surface area contributed by atoms with Gasteiger partial charge in [0.05, 0.1) is 0 Å². The van der Waals surface area contributed by atoms with Gasteiger partial charge in [-0.05, 0) is 0 Å². The molecule has 0 bridgehead atoms. The molecule has 0 nitrogen and oxygen atoms in total. The van der Waals surface area contributed by atoms with Crippen LogP contribution in [0, 0.1) is 0 Å². The summed E-state index contributed by atoms with van der Waals surface area (Å²) in [6.07, 6.45) is 0. The third kappa shape index (κ3) is 0.670. The molecule has 1 heterocycles. The van der Waals surface area contributed by atoms with Crippen molar-refractivity contribution in [2.75, 3.05) is 5.75 Å². The van der Waals surface area contributed by atoms with Gasteiger partial charge < -0.3 is 0 Å². The molecule has 0 aromatic rings. The van der Waals surface area contributed by atoms with Crippen LogP contribution in [0.3, 0.4) is 0 Å². The van der Waals surface area contributed by atoms with Crippen molar-refractivity contribution in [1.82, 2.24) is 0 Å². The zero-order valence-electron chi connectivity index (χ0n) is 2.14. The molecule has 0 amide bonds. The second-order valence-corrected chi connectivity index (χ2v) is 4.09. The van der Waals surface area contributed by atoms with Crippen molar-refractivity contribution in [1.29, 1.82) is 0 Å². The van der Waals surface area contributed by atoms with Crippen LogP contribution in [0.2, 0.25) is 0 Å². The van der Waals surface area contributed by atoms with Gasteiger partial charge >= 0.3 is 37.7 Å². The zero-order valence-corrected chi connectivity index (χ0v) is 4.83. The minimum atomic E-state index is 0.937. The second-order valence-electron chi connectivity index (χ2n) is 0.788. The molecule has 0 aromatic heterocycles. The molecule has 0 saturated carbocycles. The van der Waals surface area contributed by atoms with Crippen LogP contribution < -0.4 is 0 Å². The van der Waals surface area contributed by atoms with Gasteiger partial charge in [-0.2, -0.15) is 0 Å². The van der Waals surface area contributed by atoms with E-state index in [4.69, 9.17) is 0 Å². The summed E-state index contributed by atoms with van der Waals surface area (Å²) in [6, 6.07) is 0. The number of hydrogen-bond acceptors (Lipinski definition) is 1. The summed E-state index contributed by atoms with van der Waals surface area (Å²) in [5, 5.41) is 0. The normalized spacial score (nSPS) is 39.8. The van der Waals surface area contributed by atoms with Crippen LogP contribution in [0.1, 0.15) is 0 Å². The number of rotatable bonds is 0. The fourth-order valence-corrected chi connectivity index (χ4v) is 0.671. The molecule has 0 N–H and O–H groups in total. The molecule has 0 spiro atoms. The van der Waals surface area contributed by atoms with E-state index in [0.717, 1.165) is 4.15 Å². The van der Waals surface area contributed by atoms with E-state index in [1.54, 1.807) is 0 Å². The molecule has 1 aliphatic heterocycles. The van der Waals surface area contributed by atoms with E-state index >= 15 is 0 Å². The maximum atomic E-state index is 2.61. The fourth-order valence-electron chi connectivity index (χ4n) is 0.0430. The monoisotopic (exact) mass is 140 g/mol. The van der Waals surface area contributed by atoms with Crippen molar-refractivity contribution in [2.24, 2.45) is 0 Å². The molecule has 1 aliphatic rings. The first-order valence-electron chi connectivity index (χ1n) is 1.19.